The van der Waals surface area contributed by atoms with E-state index in [9.17, 15) is 9.59 Å². The van der Waals surface area contributed by atoms with Gasteiger partial charge in [-0.2, -0.15) is 0 Å². The molecular weight excluding hydrogens is 288 g/mol. The third kappa shape index (κ3) is 2.31. The number of imidazole rings is 1. The number of thiazole rings is 1. The zero-order chi connectivity index (χ0) is 15.0. The average molecular weight is 306 g/mol. The molecule has 112 valence electrons. The van der Waals surface area contributed by atoms with E-state index in [0.29, 0.717) is 19.5 Å². The summed E-state index contributed by atoms with van der Waals surface area (Å²) in [7, 11) is 0. The molecule has 0 spiro atoms. The second-order valence-corrected chi connectivity index (χ2v) is 6.30. The molecule has 21 heavy (non-hydrogen) atoms. The van der Waals surface area contributed by atoms with Crippen LogP contribution in [0.25, 0.3) is 4.96 Å². The molecule has 1 fully saturated rings. The van der Waals surface area contributed by atoms with Gasteiger partial charge in [-0.05, 0) is 13.3 Å². The van der Waals surface area contributed by atoms with Gasteiger partial charge in [-0.25, -0.2) is 4.98 Å². The Morgan fingerprint density at radius 1 is 1.57 bits per heavy atom. The summed E-state index contributed by atoms with van der Waals surface area (Å²) in [5.41, 5.74) is -0.0109. The Labute approximate surface area is 126 Å². The molecule has 1 aliphatic rings. The van der Waals surface area contributed by atoms with Gasteiger partial charge in [0.05, 0.1) is 12.1 Å². The topological polar surface area (TPSA) is 66.7 Å². The lowest BCUT2D eigenvalue weighted by molar-refractivity contribution is -0.150. The summed E-state index contributed by atoms with van der Waals surface area (Å²) in [5.74, 6) is -0.115. The third-order valence-corrected chi connectivity index (χ3v) is 4.94. The van der Waals surface area contributed by atoms with Crippen LogP contribution in [0.3, 0.4) is 0 Å². The molecule has 0 radical (unpaired) electrons. The van der Waals surface area contributed by atoms with Crippen molar-refractivity contribution < 1.29 is 9.59 Å². The molecule has 1 unspecified atom stereocenters. The smallest absolute Gasteiger partial charge is 0.245 e. The van der Waals surface area contributed by atoms with E-state index in [2.05, 4.69) is 10.3 Å². The third-order valence-electron chi connectivity index (χ3n) is 4.17. The lowest BCUT2D eigenvalue weighted by Crippen LogP contribution is -2.64. The van der Waals surface area contributed by atoms with Crippen molar-refractivity contribution >= 4 is 28.1 Å². The van der Waals surface area contributed by atoms with Gasteiger partial charge in [-0.3, -0.25) is 14.0 Å². The minimum absolute atomic E-state index is 0.0417. The molecule has 2 amide bonds. The van der Waals surface area contributed by atoms with Crippen LogP contribution in [0.1, 0.15) is 26.0 Å². The van der Waals surface area contributed by atoms with Crippen LogP contribution in [0.2, 0.25) is 0 Å². The highest BCUT2D eigenvalue weighted by atomic mass is 32.1. The minimum Gasteiger partial charge on any atom is -0.352 e. The fraction of sp³-hybridized carbons (Fsp3) is 0.500. The standard InChI is InChI=1S/C14H18N4O2S/c1-3-14(2)12(20)15-4-5-18(14)11(19)8-10-9-17-6-7-21-13(17)16-10/h6-7,9H,3-5,8H2,1-2H3,(H,15,20). The second-order valence-electron chi connectivity index (χ2n) is 5.43. The molecule has 6 nitrogen and oxygen atoms in total. The molecule has 2 aromatic rings. The number of rotatable bonds is 3. The fourth-order valence-corrected chi connectivity index (χ4v) is 3.42. The molecule has 0 aromatic carbocycles. The Bertz CT molecular complexity index is 664. The minimum atomic E-state index is -0.757. The van der Waals surface area contributed by atoms with Gasteiger partial charge in [0.2, 0.25) is 11.8 Å². The number of carbonyl (C=O) groups is 2. The molecule has 3 rings (SSSR count). The van der Waals surface area contributed by atoms with Crippen LogP contribution in [-0.2, 0) is 16.0 Å². The Kier molecular flexibility index (Phi) is 3.44. The molecule has 1 saturated heterocycles. The van der Waals surface area contributed by atoms with E-state index >= 15 is 0 Å². The maximum absolute atomic E-state index is 12.6. The van der Waals surface area contributed by atoms with Crippen molar-refractivity contribution in [1.29, 1.82) is 0 Å². The van der Waals surface area contributed by atoms with Gasteiger partial charge in [0.1, 0.15) is 5.54 Å². The summed E-state index contributed by atoms with van der Waals surface area (Å²) in [6, 6.07) is 0. The highest BCUT2D eigenvalue weighted by Gasteiger charge is 2.42. The summed E-state index contributed by atoms with van der Waals surface area (Å²) < 4.78 is 1.91. The molecule has 1 atom stereocenters. The quantitative estimate of drug-likeness (QED) is 0.922. The van der Waals surface area contributed by atoms with Crippen LogP contribution < -0.4 is 5.32 Å². The summed E-state index contributed by atoms with van der Waals surface area (Å²) in [4.78, 5) is 31.7. The SMILES string of the molecule is CCC1(C)C(=O)NCCN1C(=O)Cc1cn2ccsc2n1. The van der Waals surface area contributed by atoms with E-state index in [1.54, 1.807) is 4.90 Å². The van der Waals surface area contributed by atoms with Crippen LogP contribution >= 0.6 is 11.3 Å². The van der Waals surface area contributed by atoms with Crippen LogP contribution in [0.4, 0.5) is 0 Å². The molecule has 3 heterocycles. The number of nitrogens with one attached hydrogen (secondary N) is 1. The predicted octanol–water partition coefficient (Wildman–Crippen LogP) is 1.07. The first-order valence-corrected chi connectivity index (χ1v) is 7.92. The van der Waals surface area contributed by atoms with Gasteiger partial charge in [0.25, 0.3) is 0 Å². The second kappa shape index (κ2) is 5.14. The average Bonchev–Trinajstić information content (AvgIpc) is 3.02. The van der Waals surface area contributed by atoms with Crippen LogP contribution in [-0.4, -0.2) is 44.7 Å². The maximum atomic E-state index is 12.6. The summed E-state index contributed by atoms with van der Waals surface area (Å²) >= 11 is 1.54. The van der Waals surface area contributed by atoms with E-state index in [1.165, 1.54) is 11.3 Å². The van der Waals surface area contributed by atoms with Crippen molar-refractivity contribution in [3.05, 3.63) is 23.5 Å². The Morgan fingerprint density at radius 2 is 2.38 bits per heavy atom. The number of fused-ring (bicyclic) bond motifs is 1. The lowest BCUT2D eigenvalue weighted by atomic mass is 9.92. The highest BCUT2D eigenvalue weighted by Crippen LogP contribution is 2.23. The molecule has 0 saturated carbocycles. The molecule has 2 aromatic heterocycles. The van der Waals surface area contributed by atoms with Crippen LogP contribution in [0.15, 0.2) is 17.8 Å². The number of carbonyl (C=O) groups excluding carboxylic acids is 2. The first-order valence-electron chi connectivity index (χ1n) is 7.04. The number of piperazine rings is 1. The number of nitrogens with zero attached hydrogens (tertiary/aromatic N) is 3. The van der Waals surface area contributed by atoms with Crippen molar-refractivity contribution in [3.8, 4) is 0 Å². The van der Waals surface area contributed by atoms with Gasteiger partial charge < -0.3 is 10.2 Å². The molecule has 7 heteroatoms. The Hall–Kier alpha value is -1.89. The summed E-state index contributed by atoms with van der Waals surface area (Å²) in [5, 5.41) is 4.79. The van der Waals surface area contributed by atoms with Crippen LogP contribution in [0.5, 0.6) is 0 Å². The summed E-state index contributed by atoms with van der Waals surface area (Å²) in [6.45, 7) is 4.82. The first-order chi connectivity index (χ1) is 10.0. The molecule has 0 bridgehead atoms. The van der Waals surface area contributed by atoms with E-state index in [-0.39, 0.29) is 18.2 Å². The largest absolute Gasteiger partial charge is 0.352 e. The highest BCUT2D eigenvalue weighted by molar-refractivity contribution is 7.15. The monoisotopic (exact) mass is 306 g/mol. The molecular formula is C14H18N4O2S. The maximum Gasteiger partial charge on any atom is 0.245 e. The molecule has 1 aliphatic heterocycles. The zero-order valence-corrected chi connectivity index (χ0v) is 12.9. The number of hydrogen-bond donors (Lipinski definition) is 1. The number of hydrogen-bond acceptors (Lipinski definition) is 4. The van der Waals surface area contributed by atoms with Crippen molar-refractivity contribution in [2.24, 2.45) is 0 Å². The van der Waals surface area contributed by atoms with Gasteiger partial charge in [-0.1, -0.05) is 6.92 Å². The first kappa shape index (κ1) is 14.1. The van der Waals surface area contributed by atoms with Crippen molar-refractivity contribution in [3.63, 3.8) is 0 Å². The van der Waals surface area contributed by atoms with E-state index < -0.39 is 5.54 Å². The molecule has 0 aliphatic carbocycles. The van der Waals surface area contributed by atoms with Gasteiger partial charge in [0.15, 0.2) is 4.96 Å². The normalized spacial score (nSPS) is 22.6. The molecule has 1 N–H and O–H groups in total. The fourth-order valence-electron chi connectivity index (χ4n) is 2.70. The lowest BCUT2D eigenvalue weighted by Gasteiger charge is -2.43. The Balaban J connectivity index is 1.80. The predicted molar refractivity (Wildman–Crippen MR) is 80.2 cm³/mol. The van der Waals surface area contributed by atoms with E-state index in [4.69, 9.17) is 0 Å². The van der Waals surface area contributed by atoms with E-state index in [0.717, 1.165) is 10.7 Å². The number of aromatic nitrogens is 2. The van der Waals surface area contributed by atoms with Crippen molar-refractivity contribution in [2.75, 3.05) is 13.1 Å². The van der Waals surface area contributed by atoms with Crippen molar-refractivity contribution in [2.45, 2.75) is 32.2 Å². The van der Waals surface area contributed by atoms with Gasteiger partial charge in [-0.15, -0.1) is 11.3 Å². The number of amides is 2. The van der Waals surface area contributed by atoms with Gasteiger partial charge >= 0.3 is 0 Å². The van der Waals surface area contributed by atoms with Crippen LogP contribution in [0, 0.1) is 0 Å². The Morgan fingerprint density at radius 3 is 3.10 bits per heavy atom. The van der Waals surface area contributed by atoms with Crippen molar-refractivity contribution in [1.82, 2.24) is 19.6 Å². The van der Waals surface area contributed by atoms with E-state index in [1.807, 2.05) is 36.0 Å². The zero-order valence-electron chi connectivity index (χ0n) is 12.1. The summed E-state index contributed by atoms with van der Waals surface area (Å²) in [6.07, 6.45) is 4.63. The van der Waals surface area contributed by atoms with Gasteiger partial charge in [0, 0.05) is 30.9 Å².